The number of carbonyl (C=O) groups excluding carboxylic acids is 1. The van der Waals surface area contributed by atoms with Crippen molar-refractivity contribution < 1.29 is 4.79 Å². The number of anilines is 1. The van der Waals surface area contributed by atoms with Gasteiger partial charge < -0.3 is 16.0 Å². The number of nitrogens with zero attached hydrogens (tertiary/aromatic N) is 1. The van der Waals surface area contributed by atoms with Gasteiger partial charge in [0.1, 0.15) is 0 Å². The molecule has 4 nitrogen and oxygen atoms in total. The SMILES string of the molecule is NCCN(CCc1ccccc1)C(=O)c1ccc2c(c1)CCN2. The zero-order valence-electron chi connectivity index (χ0n) is 13.3. The van der Waals surface area contributed by atoms with Crippen molar-refractivity contribution in [2.45, 2.75) is 12.8 Å². The molecular weight excluding hydrogens is 286 g/mol. The standard InChI is InChI=1S/C19H23N3O/c20-10-13-22(12-9-15-4-2-1-3-5-15)19(23)17-6-7-18-16(14-17)8-11-21-18/h1-7,14,21H,8-13,20H2. The zero-order chi connectivity index (χ0) is 16.1. The van der Waals surface area contributed by atoms with E-state index in [1.165, 1.54) is 11.1 Å². The van der Waals surface area contributed by atoms with Gasteiger partial charge in [0.15, 0.2) is 0 Å². The van der Waals surface area contributed by atoms with Crippen molar-refractivity contribution >= 4 is 11.6 Å². The summed E-state index contributed by atoms with van der Waals surface area (Å²) >= 11 is 0. The molecule has 0 atom stereocenters. The molecule has 0 saturated carbocycles. The van der Waals surface area contributed by atoms with Gasteiger partial charge >= 0.3 is 0 Å². The van der Waals surface area contributed by atoms with Crippen molar-refractivity contribution in [3.8, 4) is 0 Å². The summed E-state index contributed by atoms with van der Waals surface area (Å²) in [5.74, 6) is 0.0704. The third-order valence-electron chi connectivity index (χ3n) is 4.26. The molecule has 0 aromatic heterocycles. The highest BCUT2D eigenvalue weighted by molar-refractivity contribution is 5.95. The number of fused-ring (bicyclic) bond motifs is 1. The Kier molecular flexibility index (Phi) is 4.93. The summed E-state index contributed by atoms with van der Waals surface area (Å²) in [6.45, 7) is 2.71. The van der Waals surface area contributed by atoms with Crippen molar-refractivity contribution in [1.29, 1.82) is 0 Å². The summed E-state index contributed by atoms with van der Waals surface area (Å²) in [6, 6.07) is 16.2. The van der Waals surface area contributed by atoms with Crippen molar-refractivity contribution in [3.05, 3.63) is 65.2 Å². The third kappa shape index (κ3) is 3.71. The molecule has 1 amide bonds. The molecule has 23 heavy (non-hydrogen) atoms. The summed E-state index contributed by atoms with van der Waals surface area (Å²) < 4.78 is 0. The fourth-order valence-electron chi connectivity index (χ4n) is 3.00. The van der Waals surface area contributed by atoms with Gasteiger partial charge in [0.2, 0.25) is 0 Å². The van der Waals surface area contributed by atoms with Gasteiger partial charge in [-0.25, -0.2) is 0 Å². The monoisotopic (exact) mass is 309 g/mol. The number of nitrogens with one attached hydrogen (secondary N) is 1. The Balaban J connectivity index is 1.71. The van der Waals surface area contributed by atoms with Gasteiger partial charge in [0, 0.05) is 37.4 Å². The van der Waals surface area contributed by atoms with Crippen LogP contribution >= 0.6 is 0 Å². The summed E-state index contributed by atoms with van der Waals surface area (Å²) in [5.41, 5.74) is 10.1. The fourth-order valence-corrected chi connectivity index (χ4v) is 3.00. The number of rotatable bonds is 6. The van der Waals surface area contributed by atoms with Crippen LogP contribution in [0.5, 0.6) is 0 Å². The maximum absolute atomic E-state index is 12.8. The Hall–Kier alpha value is -2.33. The van der Waals surface area contributed by atoms with Crippen LogP contribution in [0, 0.1) is 0 Å². The highest BCUT2D eigenvalue weighted by Crippen LogP contribution is 2.23. The van der Waals surface area contributed by atoms with E-state index in [9.17, 15) is 4.79 Å². The molecule has 3 rings (SSSR count). The van der Waals surface area contributed by atoms with E-state index in [2.05, 4.69) is 17.4 Å². The fraction of sp³-hybridized carbons (Fsp3) is 0.316. The number of nitrogens with two attached hydrogens (primary N) is 1. The van der Waals surface area contributed by atoms with E-state index in [4.69, 9.17) is 5.73 Å². The van der Waals surface area contributed by atoms with Crippen LogP contribution in [0.2, 0.25) is 0 Å². The molecule has 0 aliphatic carbocycles. The maximum atomic E-state index is 12.8. The van der Waals surface area contributed by atoms with Gasteiger partial charge in [-0.3, -0.25) is 4.79 Å². The van der Waals surface area contributed by atoms with Crippen molar-refractivity contribution in [3.63, 3.8) is 0 Å². The quantitative estimate of drug-likeness (QED) is 0.861. The lowest BCUT2D eigenvalue weighted by molar-refractivity contribution is 0.0762. The van der Waals surface area contributed by atoms with E-state index >= 15 is 0 Å². The molecule has 1 aliphatic heterocycles. The molecule has 4 heteroatoms. The number of benzene rings is 2. The van der Waals surface area contributed by atoms with Crippen LogP contribution < -0.4 is 11.1 Å². The lowest BCUT2D eigenvalue weighted by Gasteiger charge is -2.22. The minimum atomic E-state index is 0.0704. The molecule has 2 aromatic carbocycles. The average molecular weight is 309 g/mol. The number of hydrogen-bond donors (Lipinski definition) is 2. The molecule has 0 unspecified atom stereocenters. The number of carbonyl (C=O) groups is 1. The topological polar surface area (TPSA) is 58.4 Å². The first kappa shape index (κ1) is 15.6. The molecule has 0 spiro atoms. The second-order valence-corrected chi connectivity index (χ2v) is 5.87. The predicted molar refractivity (Wildman–Crippen MR) is 93.7 cm³/mol. The summed E-state index contributed by atoms with van der Waals surface area (Å²) in [6.07, 6.45) is 1.83. The van der Waals surface area contributed by atoms with Crippen molar-refractivity contribution in [1.82, 2.24) is 4.90 Å². The molecule has 1 heterocycles. The van der Waals surface area contributed by atoms with E-state index in [1.807, 2.05) is 41.3 Å². The van der Waals surface area contributed by atoms with E-state index in [0.29, 0.717) is 19.6 Å². The predicted octanol–water partition coefficient (Wildman–Crippen LogP) is 2.30. The van der Waals surface area contributed by atoms with Crippen LogP contribution in [0.4, 0.5) is 5.69 Å². The molecular formula is C19H23N3O. The van der Waals surface area contributed by atoms with E-state index in [1.54, 1.807) is 0 Å². The third-order valence-corrected chi connectivity index (χ3v) is 4.26. The Bertz CT molecular complexity index is 670. The summed E-state index contributed by atoms with van der Waals surface area (Å²) in [4.78, 5) is 14.7. The first-order valence-electron chi connectivity index (χ1n) is 8.18. The molecule has 0 saturated heterocycles. The second kappa shape index (κ2) is 7.29. The molecule has 2 aromatic rings. The molecule has 0 bridgehead atoms. The van der Waals surface area contributed by atoms with Gasteiger partial charge in [0.05, 0.1) is 0 Å². The lowest BCUT2D eigenvalue weighted by Crippen LogP contribution is -2.37. The van der Waals surface area contributed by atoms with Crippen LogP contribution in [0.15, 0.2) is 48.5 Å². The van der Waals surface area contributed by atoms with Crippen molar-refractivity contribution in [2.24, 2.45) is 5.73 Å². The normalized spacial score (nSPS) is 12.6. The highest BCUT2D eigenvalue weighted by atomic mass is 16.2. The highest BCUT2D eigenvalue weighted by Gasteiger charge is 2.18. The number of hydrogen-bond acceptors (Lipinski definition) is 3. The Morgan fingerprint density at radius 3 is 2.74 bits per heavy atom. The first-order chi connectivity index (χ1) is 11.3. The van der Waals surface area contributed by atoms with E-state index < -0.39 is 0 Å². The van der Waals surface area contributed by atoms with E-state index in [-0.39, 0.29) is 5.91 Å². The Morgan fingerprint density at radius 1 is 1.13 bits per heavy atom. The van der Waals surface area contributed by atoms with Gasteiger partial charge in [-0.05, 0) is 42.2 Å². The Labute approximate surface area is 137 Å². The van der Waals surface area contributed by atoms with Gasteiger partial charge in [0.25, 0.3) is 5.91 Å². The second-order valence-electron chi connectivity index (χ2n) is 5.87. The maximum Gasteiger partial charge on any atom is 0.253 e. The van der Waals surface area contributed by atoms with Crippen LogP contribution in [0.3, 0.4) is 0 Å². The van der Waals surface area contributed by atoms with Gasteiger partial charge in [-0.1, -0.05) is 30.3 Å². The minimum absolute atomic E-state index is 0.0704. The summed E-state index contributed by atoms with van der Waals surface area (Å²) in [5, 5.41) is 3.32. The van der Waals surface area contributed by atoms with Gasteiger partial charge in [-0.2, -0.15) is 0 Å². The smallest absolute Gasteiger partial charge is 0.253 e. The molecule has 3 N–H and O–H groups in total. The van der Waals surface area contributed by atoms with Crippen LogP contribution in [0.1, 0.15) is 21.5 Å². The molecule has 0 fully saturated rings. The van der Waals surface area contributed by atoms with Crippen molar-refractivity contribution in [2.75, 3.05) is 31.5 Å². The largest absolute Gasteiger partial charge is 0.384 e. The van der Waals surface area contributed by atoms with Crippen LogP contribution in [-0.2, 0) is 12.8 Å². The van der Waals surface area contributed by atoms with Crippen LogP contribution in [-0.4, -0.2) is 37.0 Å². The van der Waals surface area contributed by atoms with Gasteiger partial charge in [-0.15, -0.1) is 0 Å². The van der Waals surface area contributed by atoms with Crippen LogP contribution in [0.25, 0.3) is 0 Å². The molecule has 120 valence electrons. The first-order valence-corrected chi connectivity index (χ1v) is 8.18. The lowest BCUT2D eigenvalue weighted by atomic mass is 10.1. The summed E-state index contributed by atoms with van der Waals surface area (Å²) in [7, 11) is 0. The van der Waals surface area contributed by atoms with E-state index in [0.717, 1.165) is 30.6 Å². The average Bonchev–Trinajstić information content (AvgIpc) is 3.06. The zero-order valence-corrected chi connectivity index (χ0v) is 13.3. The minimum Gasteiger partial charge on any atom is -0.384 e. The number of amides is 1. The Morgan fingerprint density at radius 2 is 1.96 bits per heavy atom. The molecule has 0 radical (unpaired) electrons. The molecule has 1 aliphatic rings.